The van der Waals surface area contributed by atoms with Gasteiger partial charge < -0.3 is 5.32 Å². The Morgan fingerprint density at radius 3 is 3.15 bits per heavy atom. The van der Waals surface area contributed by atoms with Crippen molar-refractivity contribution in [2.45, 2.75) is 25.8 Å². The Morgan fingerprint density at radius 2 is 2.50 bits per heavy atom. The minimum atomic E-state index is -0.364. The predicted octanol–water partition coefficient (Wildman–Crippen LogP) is 2.76. The Morgan fingerprint density at radius 1 is 1.70 bits per heavy atom. The van der Waals surface area contributed by atoms with E-state index in [1.165, 1.54) is 12.8 Å². The van der Waals surface area contributed by atoms with E-state index in [0.29, 0.717) is 10.7 Å². The lowest BCUT2D eigenvalue weighted by atomic mass is 10.3. The van der Waals surface area contributed by atoms with Crippen LogP contribution in [-0.2, 0) is 4.79 Å². The minimum Gasteiger partial charge on any atom is -0.354 e. The molecule has 7 heteroatoms. The molecule has 0 aromatic carbocycles. The fourth-order valence-electron chi connectivity index (χ4n) is 2.08. The second kappa shape index (κ2) is 5.49. The van der Waals surface area contributed by atoms with Crippen LogP contribution in [0.1, 0.15) is 25.8 Å². The van der Waals surface area contributed by atoms with Crippen LogP contribution in [0.15, 0.2) is 17.5 Å². The molecule has 1 amide bonds. The third-order valence-electron chi connectivity index (χ3n) is 3.47. The Balaban J connectivity index is 1.83. The summed E-state index contributed by atoms with van der Waals surface area (Å²) >= 11 is 6.84. The van der Waals surface area contributed by atoms with Crippen molar-refractivity contribution in [2.75, 3.05) is 6.54 Å². The highest BCUT2D eigenvalue weighted by atomic mass is 32.1. The van der Waals surface area contributed by atoms with Crippen LogP contribution in [0, 0.1) is 10.7 Å². The number of amides is 1. The van der Waals surface area contributed by atoms with Gasteiger partial charge in [0.2, 0.25) is 5.91 Å². The number of carbonyl (C=O) groups excluding carboxylic acids is 1. The fourth-order valence-corrected chi connectivity index (χ4v) is 3.08. The maximum atomic E-state index is 12.2. The Kier molecular flexibility index (Phi) is 3.71. The van der Waals surface area contributed by atoms with Crippen molar-refractivity contribution < 1.29 is 4.79 Å². The molecule has 2 heterocycles. The fraction of sp³-hybridized carbons (Fsp3) is 0.462. The number of nitrogens with one attached hydrogen (secondary N) is 2. The summed E-state index contributed by atoms with van der Waals surface area (Å²) in [6, 6.07) is 3.57. The van der Waals surface area contributed by atoms with Gasteiger partial charge in [-0.2, -0.15) is 5.10 Å². The molecule has 2 N–H and O–H groups in total. The summed E-state index contributed by atoms with van der Waals surface area (Å²) in [5.41, 5.74) is 0. The summed E-state index contributed by atoms with van der Waals surface area (Å²) in [7, 11) is 0. The van der Waals surface area contributed by atoms with Crippen molar-refractivity contribution in [3.8, 4) is 10.7 Å². The van der Waals surface area contributed by atoms with Crippen molar-refractivity contribution in [3.05, 3.63) is 22.3 Å². The average molecular weight is 308 g/mol. The minimum absolute atomic E-state index is 0.00722. The lowest BCUT2D eigenvalue weighted by molar-refractivity contribution is -0.123. The molecule has 0 saturated heterocycles. The van der Waals surface area contributed by atoms with E-state index in [1.807, 2.05) is 24.4 Å². The summed E-state index contributed by atoms with van der Waals surface area (Å²) in [4.78, 5) is 13.2. The number of hydrogen-bond donors (Lipinski definition) is 2. The molecule has 1 saturated carbocycles. The van der Waals surface area contributed by atoms with E-state index in [1.54, 1.807) is 15.9 Å². The van der Waals surface area contributed by atoms with Gasteiger partial charge in [-0.1, -0.05) is 6.07 Å². The quantitative estimate of drug-likeness (QED) is 0.835. The molecule has 2 aromatic rings. The summed E-state index contributed by atoms with van der Waals surface area (Å²) < 4.78 is 2.26. The standard InChI is InChI=1S/C13H16N4OS2/c1-8(12(18)14-7-9-4-5-9)17-11(15-16-13(17)19)10-3-2-6-20-10/h2-3,6,8-9H,4-5,7H2,1H3,(H,14,18)(H,16,19)/t8-/m1/s1. The molecule has 1 fully saturated rings. The molecule has 20 heavy (non-hydrogen) atoms. The Labute approximate surface area is 126 Å². The van der Waals surface area contributed by atoms with Crippen LogP contribution < -0.4 is 5.32 Å². The maximum absolute atomic E-state index is 12.2. The summed E-state index contributed by atoms with van der Waals surface area (Å²) in [5, 5.41) is 12.0. The lowest BCUT2D eigenvalue weighted by Gasteiger charge is -2.15. The first-order valence-electron chi connectivity index (χ1n) is 6.65. The van der Waals surface area contributed by atoms with E-state index >= 15 is 0 Å². The van der Waals surface area contributed by atoms with E-state index in [2.05, 4.69) is 15.5 Å². The van der Waals surface area contributed by atoms with Gasteiger partial charge in [-0.15, -0.1) is 11.3 Å². The van der Waals surface area contributed by atoms with E-state index in [0.717, 1.165) is 17.2 Å². The number of nitrogens with zero attached hydrogens (tertiary/aromatic N) is 2. The van der Waals surface area contributed by atoms with Crippen LogP contribution in [0.3, 0.4) is 0 Å². The molecular weight excluding hydrogens is 292 g/mol. The van der Waals surface area contributed by atoms with Crippen molar-refractivity contribution in [2.24, 2.45) is 5.92 Å². The molecule has 0 bridgehead atoms. The van der Waals surface area contributed by atoms with Gasteiger partial charge in [0.05, 0.1) is 4.88 Å². The smallest absolute Gasteiger partial charge is 0.242 e. The second-order valence-electron chi connectivity index (χ2n) is 5.06. The van der Waals surface area contributed by atoms with E-state index in [4.69, 9.17) is 12.2 Å². The van der Waals surface area contributed by atoms with Crippen LogP contribution in [-0.4, -0.2) is 27.2 Å². The second-order valence-corrected chi connectivity index (χ2v) is 6.40. The zero-order valence-electron chi connectivity index (χ0n) is 11.1. The molecule has 106 valence electrons. The van der Waals surface area contributed by atoms with Gasteiger partial charge in [0.15, 0.2) is 10.6 Å². The number of H-pyrrole nitrogens is 1. The highest BCUT2D eigenvalue weighted by Gasteiger charge is 2.25. The topological polar surface area (TPSA) is 62.7 Å². The first-order valence-corrected chi connectivity index (χ1v) is 7.94. The largest absolute Gasteiger partial charge is 0.354 e. The molecule has 0 unspecified atom stereocenters. The van der Waals surface area contributed by atoms with Crippen molar-refractivity contribution >= 4 is 29.5 Å². The molecule has 0 radical (unpaired) electrons. The Bertz CT molecular complexity index is 654. The molecule has 1 aliphatic carbocycles. The summed E-state index contributed by atoms with van der Waals surface area (Å²) in [6.45, 7) is 2.62. The van der Waals surface area contributed by atoms with Gasteiger partial charge in [-0.3, -0.25) is 14.5 Å². The van der Waals surface area contributed by atoms with Gasteiger partial charge in [0, 0.05) is 6.54 Å². The van der Waals surface area contributed by atoms with Crippen LogP contribution in [0.25, 0.3) is 10.7 Å². The van der Waals surface area contributed by atoms with Gasteiger partial charge in [-0.05, 0) is 49.3 Å². The highest BCUT2D eigenvalue weighted by Crippen LogP contribution is 2.28. The maximum Gasteiger partial charge on any atom is 0.242 e. The van der Waals surface area contributed by atoms with Crippen molar-refractivity contribution in [1.82, 2.24) is 20.1 Å². The third-order valence-corrected chi connectivity index (χ3v) is 4.63. The predicted molar refractivity (Wildman–Crippen MR) is 81.2 cm³/mol. The molecule has 5 nitrogen and oxygen atoms in total. The molecule has 0 aliphatic heterocycles. The zero-order valence-corrected chi connectivity index (χ0v) is 12.8. The van der Waals surface area contributed by atoms with Crippen LogP contribution in [0.4, 0.5) is 0 Å². The molecule has 1 atom stereocenters. The Hall–Kier alpha value is -1.47. The number of aromatic nitrogens is 3. The highest BCUT2D eigenvalue weighted by molar-refractivity contribution is 7.71. The normalized spacial score (nSPS) is 16.1. The summed E-state index contributed by atoms with van der Waals surface area (Å²) in [5.74, 6) is 1.38. The van der Waals surface area contributed by atoms with Gasteiger partial charge in [0.1, 0.15) is 6.04 Å². The van der Waals surface area contributed by atoms with E-state index in [9.17, 15) is 4.79 Å². The third kappa shape index (κ3) is 2.69. The SMILES string of the molecule is C[C@H](C(=O)NCC1CC1)n1c(-c2cccs2)n[nH]c1=S. The molecule has 1 aliphatic rings. The van der Waals surface area contributed by atoms with E-state index < -0.39 is 0 Å². The number of thiophene rings is 1. The first kappa shape index (κ1) is 13.5. The van der Waals surface area contributed by atoms with Gasteiger partial charge in [-0.25, -0.2) is 0 Å². The van der Waals surface area contributed by atoms with E-state index in [-0.39, 0.29) is 11.9 Å². The van der Waals surface area contributed by atoms with Gasteiger partial charge >= 0.3 is 0 Å². The lowest BCUT2D eigenvalue weighted by Crippen LogP contribution is -2.32. The zero-order chi connectivity index (χ0) is 14.1. The molecule has 2 aromatic heterocycles. The molecule has 0 spiro atoms. The van der Waals surface area contributed by atoms with Crippen molar-refractivity contribution in [3.63, 3.8) is 0 Å². The van der Waals surface area contributed by atoms with Gasteiger partial charge in [0.25, 0.3) is 0 Å². The monoisotopic (exact) mass is 308 g/mol. The first-order chi connectivity index (χ1) is 9.66. The summed E-state index contributed by atoms with van der Waals surface area (Å²) in [6.07, 6.45) is 2.44. The van der Waals surface area contributed by atoms with Crippen LogP contribution in [0.2, 0.25) is 0 Å². The average Bonchev–Trinajstić information content (AvgIpc) is 2.96. The molecule has 3 rings (SSSR count). The van der Waals surface area contributed by atoms with Crippen molar-refractivity contribution in [1.29, 1.82) is 0 Å². The van der Waals surface area contributed by atoms with Crippen LogP contribution >= 0.6 is 23.6 Å². The number of hydrogen-bond acceptors (Lipinski definition) is 4. The number of rotatable bonds is 5. The number of aromatic amines is 1. The number of carbonyl (C=O) groups is 1. The molecular formula is C13H16N4OS2. The van der Waals surface area contributed by atoms with Crippen LogP contribution in [0.5, 0.6) is 0 Å².